The van der Waals surface area contributed by atoms with Crippen molar-refractivity contribution in [3.8, 4) is 5.82 Å². The van der Waals surface area contributed by atoms with Crippen LogP contribution in [0.3, 0.4) is 0 Å². The van der Waals surface area contributed by atoms with E-state index in [0.717, 1.165) is 23.1 Å². The van der Waals surface area contributed by atoms with Gasteiger partial charge in [0, 0.05) is 22.7 Å². The molecule has 0 saturated heterocycles. The van der Waals surface area contributed by atoms with Crippen LogP contribution in [0.1, 0.15) is 12.0 Å². The largest absolute Gasteiger partial charge is 0.236 e. The number of nitrogens with zero attached hydrogens (tertiary/aromatic N) is 3. The number of alkyl halides is 1. The summed E-state index contributed by atoms with van der Waals surface area (Å²) in [7, 11) is 0. The molecule has 2 aromatic heterocycles. The highest BCUT2D eigenvalue weighted by Crippen LogP contribution is 2.11. The van der Waals surface area contributed by atoms with Crippen molar-refractivity contribution < 1.29 is 0 Å². The van der Waals surface area contributed by atoms with Crippen molar-refractivity contribution in [2.24, 2.45) is 0 Å². The average Bonchev–Trinajstić information content (AvgIpc) is 2.76. The summed E-state index contributed by atoms with van der Waals surface area (Å²) in [6.07, 6.45) is 7.54. The van der Waals surface area contributed by atoms with E-state index in [-0.39, 0.29) is 0 Å². The summed E-state index contributed by atoms with van der Waals surface area (Å²) in [6.45, 7) is 0. The summed E-state index contributed by atoms with van der Waals surface area (Å²) in [5.41, 5.74) is 1.19. The monoisotopic (exact) mass is 299 g/mol. The number of hydrogen-bond acceptors (Lipinski definition) is 2. The van der Waals surface area contributed by atoms with Crippen LogP contribution >= 0.6 is 27.5 Å². The average molecular weight is 301 g/mol. The van der Waals surface area contributed by atoms with Gasteiger partial charge in [-0.3, -0.25) is 0 Å². The molecule has 0 unspecified atom stereocenters. The van der Waals surface area contributed by atoms with Crippen LogP contribution in [0.4, 0.5) is 0 Å². The Kier molecular flexibility index (Phi) is 3.96. The van der Waals surface area contributed by atoms with Gasteiger partial charge >= 0.3 is 0 Å². The predicted molar refractivity (Wildman–Crippen MR) is 68.1 cm³/mol. The zero-order valence-corrected chi connectivity index (χ0v) is 10.9. The molecule has 0 atom stereocenters. The van der Waals surface area contributed by atoms with Gasteiger partial charge in [-0.1, -0.05) is 0 Å². The maximum atomic E-state index is 5.65. The lowest BCUT2D eigenvalue weighted by Crippen LogP contribution is -1.96. The zero-order chi connectivity index (χ0) is 11.4. The number of aromatic nitrogens is 3. The molecule has 0 fully saturated rings. The third-order valence-corrected chi connectivity index (χ3v) is 2.92. The first-order chi connectivity index (χ1) is 7.79. The Morgan fingerprint density at radius 2 is 2.19 bits per heavy atom. The molecule has 0 spiro atoms. The van der Waals surface area contributed by atoms with Gasteiger partial charge in [0.2, 0.25) is 0 Å². The summed E-state index contributed by atoms with van der Waals surface area (Å²) in [6, 6.07) is 3.87. The van der Waals surface area contributed by atoms with Gasteiger partial charge in [-0.2, -0.15) is 5.10 Å². The molecule has 0 saturated carbocycles. The van der Waals surface area contributed by atoms with Crippen LogP contribution in [0.2, 0.25) is 0 Å². The first kappa shape index (κ1) is 11.6. The number of pyridine rings is 1. The molecule has 0 aliphatic rings. The Morgan fingerprint density at radius 1 is 1.31 bits per heavy atom. The molecular formula is C11H11BrClN3. The van der Waals surface area contributed by atoms with E-state index in [9.17, 15) is 0 Å². The van der Waals surface area contributed by atoms with Crippen molar-refractivity contribution in [2.75, 3.05) is 5.88 Å². The van der Waals surface area contributed by atoms with Crippen molar-refractivity contribution in [3.05, 3.63) is 40.8 Å². The first-order valence-electron chi connectivity index (χ1n) is 5.01. The van der Waals surface area contributed by atoms with Crippen LogP contribution in [0, 0.1) is 0 Å². The summed E-state index contributed by atoms with van der Waals surface area (Å²) in [5.74, 6) is 1.50. The Balaban J connectivity index is 2.15. The molecule has 2 aromatic rings. The molecule has 5 heteroatoms. The number of halogens is 2. The predicted octanol–water partition coefficient (Wildman–Crippen LogP) is 3.20. The van der Waals surface area contributed by atoms with Gasteiger partial charge in [0.1, 0.15) is 0 Å². The van der Waals surface area contributed by atoms with Crippen molar-refractivity contribution in [2.45, 2.75) is 12.8 Å². The zero-order valence-electron chi connectivity index (χ0n) is 8.61. The second-order valence-electron chi connectivity index (χ2n) is 3.42. The van der Waals surface area contributed by atoms with Gasteiger partial charge in [-0.25, -0.2) is 9.67 Å². The van der Waals surface area contributed by atoms with Crippen molar-refractivity contribution in [1.29, 1.82) is 0 Å². The van der Waals surface area contributed by atoms with Crippen LogP contribution in [0.15, 0.2) is 35.2 Å². The Morgan fingerprint density at radius 3 is 2.88 bits per heavy atom. The molecule has 2 heterocycles. The second-order valence-corrected chi connectivity index (χ2v) is 4.71. The van der Waals surface area contributed by atoms with E-state index in [1.54, 1.807) is 10.9 Å². The van der Waals surface area contributed by atoms with Crippen molar-refractivity contribution in [1.82, 2.24) is 14.8 Å². The maximum Gasteiger partial charge on any atom is 0.153 e. The molecule has 84 valence electrons. The second kappa shape index (κ2) is 5.46. The van der Waals surface area contributed by atoms with Gasteiger partial charge in [-0.05, 0) is 46.5 Å². The van der Waals surface area contributed by atoms with E-state index in [1.165, 1.54) is 5.56 Å². The van der Waals surface area contributed by atoms with E-state index < -0.39 is 0 Å². The minimum atomic E-state index is 0.682. The first-order valence-corrected chi connectivity index (χ1v) is 6.34. The molecule has 0 aliphatic carbocycles. The third kappa shape index (κ3) is 2.83. The normalized spacial score (nSPS) is 10.6. The van der Waals surface area contributed by atoms with Gasteiger partial charge in [-0.15, -0.1) is 11.6 Å². The topological polar surface area (TPSA) is 30.7 Å². The molecule has 16 heavy (non-hydrogen) atoms. The lowest BCUT2D eigenvalue weighted by atomic mass is 10.2. The summed E-state index contributed by atoms with van der Waals surface area (Å²) < 4.78 is 2.74. The quantitative estimate of drug-likeness (QED) is 0.812. The maximum absolute atomic E-state index is 5.65. The molecule has 0 aliphatic heterocycles. The molecular weight excluding hydrogens is 289 g/mol. The Hall–Kier alpha value is -0.870. The fourth-order valence-corrected chi connectivity index (χ4v) is 1.76. The van der Waals surface area contributed by atoms with Crippen LogP contribution in [-0.2, 0) is 6.42 Å². The van der Waals surface area contributed by atoms with Crippen molar-refractivity contribution in [3.63, 3.8) is 0 Å². The summed E-state index contributed by atoms with van der Waals surface area (Å²) >= 11 is 9.00. The van der Waals surface area contributed by atoms with Crippen LogP contribution in [0.25, 0.3) is 5.82 Å². The van der Waals surface area contributed by atoms with Crippen LogP contribution in [-0.4, -0.2) is 20.6 Å². The fraction of sp³-hybridized carbons (Fsp3) is 0.273. The third-order valence-electron chi connectivity index (χ3n) is 2.18. The van der Waals surface area contributed by atoms with Gasteiger partial charge < -0.3 is 0 Å². The molecule has 3 nitrogen and oxygen atoms in total. The summed E-state index contributed by atoms with van der Waals surface area (Å²) in [5, 5.41) is 4.26. The minimum absolute atomic E-state index is 0.682. The molecule has 0 N–H and O–H groups in total. The lowest BCUT2D eigenvalue weighted by Gasteiger charge is -1.99. The number of rotatable bonds is 4. The Labute approximate surface area is 108 Å². The van der Waals surface area contributed by atoms with E-state index in [0.29, 0.717) is 5.88 Å². The van der Waals surface area contributed by atoms with Crippen molar-refractivity contribution >= 4 is 27.5 Å². The molecule has 0 radical (unpaired) electrons. The molecule has 0 aromatic carbocycles. The molecule has 2 rings (SSSR count). The van der Waals surface area contributed by atoms with Crippen LogP contribution in [0.5, 0.6) is 0 Å². The van der Waals surface area contributed by atoms with E-state index in [1.807, 2.05) is 24.5 Å². The van der Waals surface area contributed by atoms with Gasteiger partial charge in [0.05, 0.1) is 6.20 Å². The van der Waals surface area contributed by atoms with E-state index in [2.05, 4.69) is 26.0 Å². The number of hydrogen-bond donors (Lipinski definition) is 0. The lowest BCUT2D eigenvalue weighted by molar-refractivity contribution is 0.844. The van der Waals surface area contributed by atoms with Crippen LogP contribution < -0.4 is 0 Å². The highest BCUT2D eigenvalue weighted by Gasteiger charge is 2.01. The minimum Gasteiger partial charge on any atom is -0.236 e. The molecule has 0 bridgehead atoms. The van der Waals surface area contributed by atoms with E-state index >= 15 is 0 Å². The van der Waals surface area contributed by atoms with Gasteiger partial charge in [0.25, 0.3) is 0 Å². The Bertz CT molecular complexity index is 453. The standard InChI is InChI=1S/C11H11BrClN3/c12-10-3-4-11(14-7-10)16-8-9(6-15-16)2-1-5-13/h3-4,6-8H,1-2,5H2. The number of aryl methyl sites for hydroxylation is 1. The summed E-state index contributed by atoms with van der Waals surface area (Å²) in [4.78, 5) is 4.27. The molecule has 0 amide bonds. The highest BCUT2D eigenvalue weighted by molar-refractivity contribution is 9.10. The van der Waals surface area contributed by atoms with E-state index in [4.69, 9.17) is 11.6 Å². The van der Waals surface area contributed by atoms with Gasteiger partial charge in [0.15, 0.2) is 5.82 Å². The SMILES string of the molecule is ClCCCc1cnn(-c2ccc(Br)cn2)c1. The highest BCUT2D eigenvalue weighted by atomic mass is 79.9. The smallest absolute Gasteiger partial charge is 0.153 e. The fourth-order valence-electron chi connectivity index (χ4n) is 1.39.